The van der Waals surface area contributed by atoms with Gasteiger partial charge < -0.3 is 25.4 Å². The summed E-state index contributed by atoms with van der Waals surface area (Å²) in [7, 11) is -1.32. The Kier molecular flexibility index (Phi) is 8.01. The zero-order valence-corrected chi connectivity index (χ0v) is 24.7. The van der Waals surface area contributed by atoms with Crippen LogP contribution in [-0.4, -0.2) is 77.1 Å². The molecular weight excluding hydrogens is 546 g/mol. The Morgan fingerprint density at radius 3 is 2.49 bits per heavy atom. The Morgan fingerprint density at radius 2 is 1.88 bits per heavy atom. The van der Waals surface area contributed by atoms with Gasteiger partial charge in [0.05, 0.1) is 42.4 Å². The van der Waals surface area contributed by atoms with Crippen LogP contribution in [0.15, 0.2) is 42.7 Å². The lowest BCUT2D eigenvalue weighted by Crippen LogP contribution is -2.44. The fourth-order valence-electron chi connectivity index (χ4n) is 4.94. The smallest absolute Gasteiger partial charge is 0.323 e. The highest BCUT2D eigenvalue weighted by atomic mass is 32.3. The molecule has 0 bridgehead atoms. The Morgan fingerprint density at radius 1 is 1.17 bits per heavy atom. The van der Waals surface area contributed by atoms with E-state index in [0.29, 0.717) is 61.3 Å². The molecule has 0 unspecified atom stereocenters. The third-order valence-corrected chi connectivity index (χ3v) is 10.2. The summed E-state index contributed by atoms with van der Waals surface area (Å²) < 4.78 is 29.1. The van der Waals surface area contributed by atoms with Crippen molar-refractivity contribution in [2.24, 2.45) is 7.05 Å². The number of aliphatic hydroxyl groups is 1. The second-order valence-electron chi connectivity index (χ2n) is 11.5. The SMILES string of the molecule is C[C@H]1COCCN1c1cc(C2(S(O)(O)CCC(C)(C)O)CC2)nc(-c2ccc(NC(=O)Nc3cnn(C)c3)cc2)n1. The van der Waals surface area contributed by atoms with Crippen molar-refractivity contribution < 1.29 is 23.7 Å². The van der Waals surface area contributed by atoms with Gasteiger partial charge in [0.2, 0.25) is 0 Å². The van der Waals surface area contributed by atoms with Gasteiger partial charge >= 0.3 is 6.03 Å². The van der Waals surface area contributed by atoms with Crippen LogP contribution in [0, 0.1) is 0 Å². The van der Waals surface area contributed by atoms with E-state index < -0.39 is 20.9 Å². The number of ether oxygens (including phenoxy) is 1. The Balaban J connectivity index is 1.43. The molecule has 1 saturated carbocycles. The van der Waals surface area contributed by atoms with Gasteiger partial charge in [0.1, 0.15) is 10.6 Å². The van der Waals surface area contributed by atoms with Crippen LogP contribution < -0.4 is 15.5 Å². The van der Waals surface area contributed by atoms with Crippen molar-refractivity contribution in [3.05, 3.63) is 48.4 Å². The molecule has 0 radical (unpaired) electrons. The number of nitrogens with zero attached hydrogens (tertiary/aromatic N) is 5. The molecule has 1 atom stereocenters. The number of morpholine rings is 1. The third kappa shape index (κ3) is 6.65. The molecule has 1 aliphatic heterocycles. The van der Waals surface area contributed by atoms with Crippen molar-refractivity contribution in [1.29, 1.82) is 0 Å². The van der Waals surface area contributed by atoms with E-state index in [-0.39, 0.29) is 24.2 Å². The van der Waals surface area contributed by atoms with Crippen LogP contribution in [0.5, 0.6) is 0 Å². The fraction of sp³-hybridized carbons (Fsp3) is 0.500. The Labute approximate surface area is 241 Å². The molecule has 222 valence electrons. The lowest BCUT2D eigenvalue weighted by atomic mass is 10.1. The maximum atomic E-state index is 12.4. The van der Waals surface area contributed by atoms with Crippen LogP contribution in [0.25, 0.3) is 11.4 Å². The molecule has 1 aromatic carbocycles. The number of hydrogen-bond acceptors (Lipinski definition) is 9. The quantitative estimate of drug-likeness (QED) is 0.241. The maximum Gasteiger partial charge on any atom is 0.323 e. The molecule has 2 fully saturated rings. The summed E-state index contributed by atoms with van der Waals surface area (Å²) >= 11 is 0. The van der Waals surface area contributed by atoms with Crippen LogP contribution in [0.2, 0.25) is 0 Å². The second kappa shape index (κ2) is 11.2. The number of hydrogen-bond donors (Lipinski definition) is 5. The minimum atomic E-state index is -3.09. The van der Waals surface area contributed by atoms with Gasteiger partial charge in [-0.25, -0.2) is 14.8 Å². The molecule has 2 amide bonds. The number of anilines is 3. The molecule has 12 nitrogen and oxygen atoms in total. The minimum Gasteiger partial charge on any atom is -0.390 e. The number of carbonyl (C=O) groups excluding carboxylic acids is 1. The van der Waals surface area contributed by atoms with Crippen molar-refractivity contribution >= 4 is 33.8 Å². The van der Waals surface area contributed by atoms with E-state index in [2.05, 4.69) is 27.6 Å². The van der Waals surface area contributed by atoms with Gasteiger partial charge in [0.15, 0.2) is 5.82 Å². The summed E-state index contributed by atoms with van der Waals surface area (Å²) in [6.45, 7) is 7.22. The molecular formula is C28H39N7O5S. The zero-order valence-electron chi connectivity index (χ0n) is 23.9. The van der Waals surface area contributed by atoms with E-state index in [1.165, 1.54) is 0 Å². The number of amides is 2. The van der Waals surface area contributed by atoms with Gasteiger partial charge in [-0.05, 0) is 64.3 Å². The van der Waals surface area contributed by atoms with Gasteiger partial charge in [-0.2, -0.15) is 15.7 Å². The third-order valence-electron chi connectivity index (χ3n) is 7.53. The normalized spacial score (nSPS) is 19.1. The molecule has 41 heavy (non-hydrogen) atoms. The molecule has 5 N–H and O–H groups in total. The van der Waals surface area contributed by atoms with E-state index in [0.717, 1.165) is 5.56 Å². The van der Waals surface area contributed by atoms with Crippen molar-refractivity contribution in [2.45, 2.75) is 56.4 Å². The summed E-state index contributed by atoms with van der Waals surface area (Å²) in [6.07, 6.45) is 4.74. The van der Waals surface area contributed by atoms with Gasteiger partial charge in [0.25, 0.3) is 0 Å². The molecule has 3 aromatic rings. The number of benzene rings is 1. The van der Waals surface area contributed by atoms with Crippen molar-refractivity contribution in [1.82, 2.24) is 19.7 Å². The number of aromatic nitrogens is 4. The molecule has 3 heterocycles. The van der Waals surface area contributed by atoms with E-state index in [4.69, 9.17) is 14.7 Å². The molecule has 5 rings (SSSR count). The van der Waals surface area contributed by atoms with Crippen LogP contribution in [-0.2, 0) is 16.5 Å². The highest BCUT2D eigenvalue weighted by Gasteiger charge is 2.56. The topological polar surface area (TPSA) is 158 Å². The van der Waals surface area contributed by atoms with Crippen LogP contribution in [0.3, 0.4) is 0 Å². The Hall–Kier alpha value is -3.23. The first kappa shape index (κ1) is 29.3. The first-order chi connectivity index (χ1) is 19.3. The highest BCUT2D eigenvalue weighted by molar-refractivity contribution is 8.25. The molecule has 2 aromatic heterocycles. The molecule has 2 aliphatic rings. The van der Waals surface area contributed by atoms with Crippen LogP contribution in [0.4, 0.5) is 22.0 Å². The number of rotatable bonds is 9. The number of nitrogens with one attached hydrogen (secondary N) is 2. The standard InChI is InChI=1S/C28H39N7O5S/c1-19-18-40-13-12-35(19)24-15-23(28(9-10-28)41(38,39)14-11-27(2,3)37)32-25(33-24)20-5-7-21(8-6-20)30-26(36)31-22-16-29-34(4)17-22/h5-8,15-17,19,37-39H,9-14,18H2,1-4H3,(H2,30,31,36)/t19-/m0/s1. The summed E-state index contributed by atoms with van der Waals surface area (Å²) in [5.41, 5.74) is 1.50. The second-order valence-corrected chi connectivity index (χ2v) is 14.1. The number of carbonyl (C=O) groups is 1. The van der Waals surface area contributed by atoms with Crippen molar-refractivity contribution in [3.63, 3.8) is 0 Å². The van der Waals surface area contributed by atoms with Crippen LogP contribution >= 0.6 is 10.6 Å². The molecule has 1 saturated heterocycles. The molecule has 1 aliphatic carbocycles. The van der Waals surface area contributed by atoms with E-state index in [1.807, 2.05) is 18.2 Å². The first-order valence-corrected chi connectivity index (χ1v) is 15.5. The summed E-state index contributed by atoms with van der Waals surface area (Å²) in [5, 5.41) is 19.8. The largest absolute Gasteiger partial charge is 0.390 e. The highest BCUT2D eigenvalue weighted by Crippen LogP contribution is 2.72. The lowest BCUT2D eigenvalue weighted by molar-refractivity contribution is 0.0765. The fourth-order valence-corrected chi connectivity index (χ4v) is 7.32. The predicted octanol–water partition coefficient (Wildman–Crippen LogP) is 4.65. The summed E-state index contributed by atoms with van der Waals surface area (Å²) in [6, 6.07) is 8.79. The van der Waals surface area contributed by atoms with Crippen molar-refractivity contribution in [3.8, 4) is 11.4 Å². The van der Waals surface area contributed by atoms with Gasteiger partial charge in [-0.1, -0.05) is 0 Å². The summed E-state index contributed by atoms with van der Waals surface area (Å²) in [5.74, 6) is 1.27. The number of aryl methyl sites for hydroxylation is 1. The number of urea groups is 1. The minimum absolute atomic E-state index is 0.0925. The lowest BCUT2D eigenvalue weighted by Gasteiger charge is -2.42. The summed E-state index contributed by atoms with van der Waals surface area (Å²) in [4.78, 5) is 24.3. The average Bonchev–Trinajstić information content (AvgIpc) is 3.65. The Bertz CT molecular complexity index is 1390. The van der Waals surface area contributed by atoms with E-state index >= 15 is 0 Å². The van der Waals surface area contributed by atoms with Crippen LogP contribution in [0.1, 0.15) is 45.7 Å². The first-order valence-electron chi connectivity index (χ1n) is 13.7. The van der Waals surface area contributed by atoms with Gasteiger partial charge in [-0.15, -0.1) is 0 Å². The molecule has 0 spiro atoms. The average molecular weight is 586 g/mol. The monoisotopic (exact) mass is 585 g/mol. The van der Waals surface area contributed by atoms with Gasteiger partial charge in [-0.3, -0.25) is 13.8 Å². The van der Waals surface area contributed by atoms with E-state index in [1.54, 1.807) is 50.1 Å². The maximum absolute atomic E-state index is 12.4. The van der Waals surface area contributed by atoms with Crippen molar-refractivity contribution in [2.75, 3.05) is 41.0 Å². The predicted molar refractivity (Wildman–Crippen MR) is 160 cm³/mol. The van der Waals surface area contributed by atoms with Gasteiger partial charge in [0, 0.05) is 42.9 Å². The molecule has 13 heteroatoms. The van der Waals surface area contributed by atoms with E-state index in [9.17, 15) is 19.0 Å². The zero-order chi connectivity index (χ0) is 29.4.